The summed E-state index contributed by atoms with van der Waals surface area (Å²) in [6.45, 7) is 15.3. The predicted octanol–water partition coefficient (Wildman–Crippen LogP) is 4.75. The van der Waals surface area contributed by atoms with Gasteiger partial charge in [-0.2, -0.15) is 11.8 Å². The van der Waals surface area contributed by atoms with Crippen LogP contribution in [0.25, 0.3) is 0 Å². The van der Waals surface area contributed by atoms with Crippen LogP contribution in [0.4, 0.5) is 4.79 Å². The van der Waals surface area contributed by atoms with E-state index >= 15 is 0 Å². The minimum absolute atomic E-state index is 0.0671. The molecule has 0 heterocycles. The Balaban J connectivity index is 2.52. The molecule has 7 nitrogen and oxygen atoms in total. The first-order chi connectivity index (χ1) is 16.3. The van der Waals surface area contributed by atoms with E-state index in [1.54, 1.807) is 37.4 Å². The molecule has 0 saturated heterocycles. The van der Waals surface area contributed by atoms with Gasteiger partial charge in [0.05, 0.1) is 0 Å². The first-order valence-electron chi connectivity index (χ1n) is 12.4. The standard InChI is InChI=1S/C27H43N3O4S/c1-16(2)28-24(31)23(20-12-10-11-17(3)19(20)5)30(22-15-18(22)4)25(32)21(13-14-35-9)29-26(33)34-27(6,7)8/h10-12,16,18,21-23H,13-15H2,1-9H3,(H,28,31)(H,29,33). The highest BCUT2D eigenvalue weighted by Gasteiger charge is 2.48. The van der Waals surface area contributed by atoms with Crippen LogP contribution in [0.3, 0.4) is 0 Å². The molecule has 4 atom stereocenters. The second kappa shape index (κ2) is 12.2. The molecule has 196 valence electrons. The minimum atomic E-state index is -0.787. The Bertz CT molecular complexity index is 912. The minimum Gasteiger partial charge on any atom is -0.444 e. The number of nitrogens with zero attached hydrogens (tertiary/aromatic N) is 1. The first kappa shape index (κ1) is 29.0. The van der Waals surface area contributed by atoms with Crippen LogP contribution in [0, 0.1) is 19.8 Å². The molecule has 1 saturated carbocycles. The Kier molecular flexibility index (Phi) is 10.1. The number of benzene rings is 1. The summed E-state index contributed by atoms with van der Waals surface area (Å²) in [7, 11) is 0. The lowest BCUT2D eigenvalue weighted by Gasteiger charge is -2.36. The van der Waals surface area contributed by atoms with Crippen LogP contribution in [-0.4, -0.2) is 58.5 Å². The van der Waals surface area contributed by atoms with Crippen molar-refractivity contribution >= 4 is 29.7 Å². The topological polar surface area (TPSA) is 87.7 Å². The Morgan fingerprint density at radius 1 is 1.17 bits per heavy atom. The van der Waals surface area contributed by atoms with Gasteiger partial charge in [0.15, 0.2) is 0 Å². The van der Waals surface area contributed by atoms with Gasteiger partial charge in [-0.3, -0.25) is 9.59 Å². The summed E-state index contributed by atoms with van der Waals surface area (Å²) in [6.07, 6.45) is 2.60. The highest BCUT2D eigenvalue weighted by atomic mass is 32.2. The van der Waals surface area contributed by atoms with Gasteiger partial charge in [0.1, 0.15) is 17.7 Å². The van der Waals surface area contributed by atoms with Crippen molar-refractivity contribution in [2.24, 2.45) is 5.92 Å². The maximum atomic E-state index is 14.1. The van der Waals surface area contributed by atoms with Gasteiger partial charge in [0, 0.05) is 12.1 Å². The number of hydrogen-bond donors (Lipinski definition) is 2. The van der Waals surface area contributed by atoms with E-state index in [0.717, 1.165) is 23.1 Å². The summed E-state index contributed by atoms with van der Waals surface area (Å²) in [5, 5.41) is 5.83. The second-order valence-electron chi connectivity index (χ2n) is 10.9. The molecule has 0 aliphatic heterocycles. The quantitative estimate of drug-likeness (QED) is 0.479. The van der Waals surface area contributed by atoms with E-state index in [1.807, 2.05) is 52.1 Å². The van der Waals surface area contributed by atoms with Gasteiger partial charge in [0.25, 0.3) is 0 Å². The fraction of sp³-hybridized carbons (Fsp3) is 0.667. The Hall–Kier alpha value is -2.22. The maximum Gasteiger partial charge on any atom is 0.408 e. The van der Waals surface area contributed by atoms with Crippen LogP contribution in [0.2, 0.25) is 0 Å². The highest BCUT2D eigenvalue weighted by molar-refractivity contribution is 7.98. The summed E-state index contributed by atoms with van der Waals surface area (Å²) in [5.74, 6) is 0.513. The van der Waals surface area contributed by atoms with Crippen LogP contribution >= 0.6 is 11.8 Å². The number of alkyl carbamates (subject to hydrolysis) is 1. The van der Waals surface area contributed by atoms with Crippen LogP contribution in [-0.2, 0) is 14.3 Å². The number of aryl methyl sites for hydroxylation is 1. The summed E-state index contributed by atoms with van der Waals surface area (Å²) in [6, 6.07) is 4.16. The van der Waals surface area contributed by atoms with Crippen LogP contribution in [0.1, 0.15) is 77.1 Å². The lowest BCUT2D eigenvalue weighted by atomic mass is 9.94. The van der Waals surface area contributed by atoms with Crippen molar-refractivity contribution in [1.82, 2.24) is 15.5 Å². The zero-order valence-electron chi connectivity index (χ0n) is 22.7. The van der Waals surface area contributed by atoms with Gasteiger partial charge in [-0.25, -0.2) is 4.79 Å². The van der Waals surface area contributed by atoms with Gasteiger partial charge in [-0.1, -0.05) is 25.1 Å². The van der Waals surface area contributed by atoms with Gasteiger partial charge < -0.3 is 20.3 Å². The SMILES string of the molecule is CSCCC(NC(=O)OC(C)(C)C)C(=O)N(C(C(=O)NC(C)C)c1cccc(C)c1C)C1CC1C. The van der Waals surface area contributed by atoms with Crippen molar-refractivity contribution < 1.29 is 19.1 Å². The van der Waals surface area contributed by atoms with Crippen molar-refractivity contribution in [3.05, 3.63) is 34.9 Å². The number of thioether (sulfide) groups is 1. The van der Waals surface area contributed by atoms with Gasteiger partial charge in [-0.15, -0.1) is 0 Å². The largest absolute Gasteiger partial charge is 0.444 e. The molecule has 1 aliphatic rings. The predicted molar refractivity (Wildman–Crippen MR) is 143 cm³/mol. The van der Waals surface area contributed by atoms with Crippen molar-refractivity contribution in [3.8, 4) is 0 Å². The number of carbonyl (C=O) groups is 3. The van der Waals surface area contributed by atoms with Gasteiger partial charge in [-0.05, 0) is 95.9 Å². The molecule has 1 fully saturated rings. The molecular formula is C27H43N3O4S. The Morgan fingerprint density at radius 3 is 2.31 bits per heavy atom. The average Bonchev–Trinajstić information content (AvgIpc) is 3.45. The van der Waals surface area contributed by atoms with Crippen molar-refractivity contribution in [2.45, 2.75) is 98.0 Å². The van der Waals surface area contributed by atoms with Crippen molar-refractivity contribution in [3.63, 3.8) is 0 Å². The first-order valence-corrected chi connectivity index (χ1v) is 13.8. The lowest BCUT2D eigenvalue weighted by Crippen LogP contribution is -2.54. The van der Waals surface area contributed by atoms with Crippen LogP contribution in [0.5, 0.6) is 0 Å². The van der Waals surface area contributed by atoms with E-state index in [2.05, 4.69) is 17.6 Å². The van der Waals surface area contributed by atoms with Crippen molar-refractivity contribution in [2.75, 3.05) is 12.0 Å². The average molecular weight is 506 g/mol. The van der Waals surface area contributed by atoms with E-state index < -0.39 is 23.8 Å². The monoisotopic (exact) mass is 505 g/mol. The number of carbonyl (C=O) groups excluding carboxylic acids is 3. The lowest BCUT2D eigenvalue weighted by molar-refractivity contribution is -0.143. The van der Waals surface area contributed by atoms with Crippen LogP contribution < -0.4 is 10.6 Å². The summed E-state index contributed by atoms with van der Waals surface area (Å²) in [5.41, 5.74) is 2.19. The molecule has 4 unspecified atom stereocenters. The molecule has 1 aromatic rings. The number of rotatable bonds is 10. The van der Waals surface area contributed by atoms with E-state index in [1.165, 1.54) is 0 Å². The van der Waals surface area contributed by atoms with E-state index in [-0.39, 0.29) is 29.8 Å². The number of ether oxygens (including phenoxy) is 1. The third-order valence-corrected chi connectivity index (χ3v) is 6.82. The molecule has 35 heavy (non-hydrogen) atoms. The fourth-order valence-electron chi connectivity index (χ4n) is 4.15. The van der Waals surface area contributed by atoms with Crippen molar-refractivity contribution in [1.29, 1.82) is 0 Å². The second-order valence-corrected chi connectivity index (χ2v) is 11.8. The van der Waals surface area contributed by atoms with E-state index in [9.17, 15) is 14.4 Å². The molecule has 1 aliphatic carbocycles. The van der Waals surface area contributed by atoms with Crippen LogP contribution in [0.15, 0.2) is 18.2 Å². The molecule has 0 aromatic heterocycles. The molecule has 0 spiro atoms. The molecule has 0 radical (unpaired) electrons. The fourth-order valence-corrected chi connectivity index (χ4v) is 4.62. The molecule has 2 rings (SSSR count). The smallest absolute Gasteiger partial charge is 0.408 e. The van der Waals surface area contributed by atoms with E-state index in [0.29, 0.717) is 12.2 Å². The molecule has 0 bridgehead atoms. The summed E-state index contributed by atoms with van der Waals surface area (Å²) >= 11 is 1.61. The summed E-state index contributed by atoms with van der Waals surface area (Å²) < 4.78 is 5.45. The molecule has 1 aromatic carbocycles. The normalized spacial score (nSPS) is 19.0. The van der Waals surface area contributed by atoms with Gasteiger partial charge >= 0.3 is 6.09 Å². The number of nitrogens with one attached hydrogen (secondary N) is 2. The zero-order valence-corrected chi connectivity index (χ0v) is 23.5. The zero-order chi connectivity index (χ0) is 26.5. The third kappa shape index (κ3) is 8.16. The summed E-state index contributed by atoms with van der Waals surface area (Å²) in [4.78, 5) is 42.1. The van der Waals surface area contributed by atoms with E-state index in [4.69, 9.17) is 4.74 Å². The highest BCUT2D eigenvalue weighted by Crippen LogP contribution is 2.41. The third-order valence-electron chi connectivity index (χ3n) is 6.18. The Labute approximate surface area is 215 Å². The maximum absolute atomic E-state index is 14.1. The molecule has 2 N–H and O–H groups in total. The number of amides is 3. The Morgan fingerprint density at radius 2 is 1.80 bits per heavy atom. The molecule has 8 heteroatoms. The molecular weight excluding hydrogens is 462 g/mol. The van der Waals surface area contributed by atoms with Gasteiger partial charge in [0.2, 0.25) is 11.8 Å². The molecule has 3 amide bonds. The number of hydrogen-bond acceptors (Lipinski definition) is 5.